The molecule has 0 spiro atoms. The number of aromatic nitrogens is 1. The minimum atomic E-state index is -4.83. The van der Waals surface area contributed by atoms with Gasteiger partial charge in [0.15, 0.2) is 0 Å². The molecule has 3 nitrogen and oxygen atoms in total. The molecule has 3 rings (SSSR count). The first kappa shape index (κ1) is 21.7. The molecule has 0 aliphatic heterocycles. The van der Waals surface area contributed by atoms with Gasteiger partial charge in [0, 0.05) is 17.5 Å². The summed E-state index contributed by atoms with van der Waals surface area (Å²) in [5.41, 5.74) is 0.287. The third-order valence-electron chi connectivity index (χ3n) is 4.40. The SMILES string of the molecule is COc1ccc(-c2nc(-c3ccccc3CCCC(F)(F)F)c(C(F)(F)F)o2)cc1. The summed E-state index contributed by atoms with van der Waals surface area (Å²) in [4.78, 5) is 4.04. The number of ether oxygens (including phenoxy) is 1. The van der Waals surface area contributed by atoms with Crippen molar-refractivity contribution in [2.24, 2.45) is 0 Å². The van der Waals surface area contributed by atoms with Gasteiger partial charge in [0.05, 0.1) is 7.11 Å². The van der Waals surface area contributed by atoms with Gasteiger partial charge in [0.2, 0.25) is 11.7 Å². The summed E-state index contributed by atoms with van der Waals surface area (Å²) in [6, 6.07) is 12.1. The van der Waals surface area contributed by atoms with E-state index in [0.29, 0.717) is 16.9 Å². The van der Waals surface area contributed by atoms with Gasteiger partial charge in [0.25, 0.3) is 0 Å². The zero-order valence-electron chi connectivity index (χ0n) is 15.8. The zero-order chi connectivity index (χ0) is 21.9. The van der Waals surface area contributed by atoms with Crippen LogP contribution in [-0.4, -0.2) is 18.3 Å². The van der Waals surface area contributed by atoms with Crippen LogP contribution in [-0.2, 0) is 12.6 Å². The smallest absolute Gasteiger partial charge is 0.451 e. The summed E-state index contributed by atoms with van der Waals surface area (Å²) in [7, 11) is 1.45. The maximum absolute atomic E-state index is 13.6. The van der Waals surface area contributed by atoms with Gasteiger partial charge in [0.1, 0.15) is 11.4 Å². The quantitative estimate of drug-likeness (QED) is 0.399. The van der Waals surface area contributed by atoms with E-state index in [1.807, 2.05) is 0 Å². The molecule has 9 heteroatoms. The Balaban J connectivity index is 2.02. The number of hydrogen-bond acceptors (Lipinski definition) is 3. The minimum absolute atomic E-state index is 0.0439. The fourth-order valence-corrected chi connectivity index (χ4v) is 3.00. The van der Waals surface area contributed by atoms with Crippen LogP contribution in [0.3, 0.4) is 0 Å². The molecular formula is C21H17F6NO2. The van der Waals surface area contributed by atoms with Crippen LogP contribution in [0.5, 0.6) is 5.75 Å². The predicted octanol–water partition coefficient (Wildman–Crippen LogP) is 6.92. The predicted molar refractivity (Wildman–Crippen MR) is 97.9 cm³/mol. The van der Waals surface area contributed by atoms with Crippen molar-refractivity contribution in [3.8, 4) is 28.5 Å². The minimum Gasteiger partial charge on any atom is -0.497 e. The van der Waals surface area contributed by atoms with Crippen molar-refractivity contribution in [1.29, 1.82) is 0 Å². The monoisotopic (exact) mass is 429 g/mol. The van der Waals surface area contributed by atoms with Gasteiger partial charge >= 0.3 is 12.4 Å². The zero-order valence-corrected chi connectivity index (χ0v) is 15.8. The lowest BCUT2D eigenvalue weighted by atomic mass is 9.98. The lowest BCUT2D eigenvalue weighted by Gasteiger charge is -2.11. The van der Waals surface area contributed by atoms with Crippen LogP contribution in [0.25, 0.3) is 22.7 Å². The van der Waals surface area contributed by atoms with Gasteiger partial charge in [-0.05, 0) is 42.7 Å². The van der Waals surface area contributed by atoms with Crippen molar-refractivity contribution in [1.82, 2.24) is 4.98 Å². The average Bonchev–Trinajstić information content (AvgIpc) is 3.13. The topological polar surface area (TPSA) is 35.3 Å². The molecule has 0 saturated heterocycles. The third kappa shape index (κ3) is 5.14. The molecule has 0 aliphatic carbocycles. The lowest BCUT2D eigenvalue weighted by molar-refractivity contribution is -0.152. The van der Waals surface area contributed by atoms with E-state index in [0.717, 1.165) is 0 Å². The summed E-state index contributed by atoms with van der Waals surface area (Å²) < 4.78 is 88.3. The van der Waals surface area contributed by atoms with E-state index in [4.69, 9.17) is 9.15 Å². The fraction of sp³-hybridized carbons (Fsp3) is 0.286. The molecule has 0 atom stereocenters. The second-order valence-corrected chi connectivity index (χ2v) is 6.55. The molecule has 0 amide bonds. The number of nitrogens with zero attached hydrogens (tertiary/aromatic N) is 1. The number of benzene rings is 2. The fourth-order valence-electron chi connectivity index (χ4n) is 3.00. The number of hydrogen-bond donors (Lipinski definition) is 0. The van der Waals surface area contributed by atoms with E-state index in [1.54, 1.807) is 18.2 Å². The molecule has 1 aromatic heterocycles. The molecule has 2 aromatic carbocycles. The number of aryl methyl sites for hydroxylation is 1. The standard InChI is InChI=1S/C21H17F6NO2/c1-29-15-10-8-14(9-11-15)19-28-17(18(30-19)21(25,26)27)16-7-3-2-5-13(16)6-4-12-20(22,23)24/h2-3,5,7-11H,4,6,12H2,1H3. The summed E-state index contributed by atoms with van der Waals surface area (Å²) in [5.74, 6) is -1.03. The highest BCUT2D eigenvalue weighted by Gasteiger charge is 2.40. The molecule has 3 aromatic rings. The first-order chi connectivity index (χ1) is 14.1. The van der Waals surface area contributed by atoms with E-state index in [9.17, 15) is 26.3 Å². The largest absolute Gasteiger partial charge is 0.497 e. The second kappa shape index (κ2) is 8.41. The summed E-state index contributed by atoms with van der Waals surface area (Å²) in [6.07, 6.45) is -10.5. The summed E-state index contributed by atoms with van der Waals surface area (Å²) >= 11 is 0. The molecule has 0 saturated carbocycles. The van der Waals surface area contributed by atoms with Crippen molar-refractivity contribution >= 4 is 0 Å². The van der Waals surface area contributed by atoms with Gasteiger partial charge in [-0.3, -0.25) is 0 Å². The maximum Gasteiger partial charge on any atom is 0.451 e. The Hall–Kier alpha value is -2.97. The normalized spacial score (nSPS) is 12.2. The highest BCUT2D eigenvalue weighted by atomic mass is 19.4. The van der Waals surface area contributed by atoms with Crippen molar-refractivity contribution < 1.29 is 35.5 Å². The number of oxazole rings is 1. The lowest BCUT2D eigenvalue weighted by Crippen LogP contribution is -2.08. The second-order valence-electron chi connectivity index (χ2n) is 6.55. The highest BCUT2D eigenvalue weighted by molar-refractivity contribution is 5.69. The van der Waals surface area contributed by atoms with E-state index < -0.39 is 30.2 Å². The van der Waals surface area contributed by atoms with E-state index >= 15 is 0 Å². The van der Waals surface area contributed by atoms with E-state index in [1.165, 1.54) is 37.4 Å². The molecule has 0 aliphatic rings. The summed E-state index contributed by atoms with van der Waals surface area (Å²) in [6.45, 7) is 0. The van der Waals surface area contributed by atoms with Crippen LogP contribution in [0.1, 0.15) is 24.2 Å². The Bertz CT molecular complexity index is 990. The number of methoxy groups -OCH3 is 1. The molecule has 1 heterocycles. The molecule has 0 radical (unpaired) electrons. The van der Waals surface area contributed by atoms with Crippen molar-refractivity contribution in [3.05, 3.63) is 59.9 Å². The number of halogens is 6. The Morgan fingerprint density at radius 3 is 2.20 bits per heavy atom. The van der Waals surface area contributed by atoms with Crippen molar-refractivity contribution in [2.45, 2.75) is 31.6 Å². The number of alkyl halides is 6. The van der Waals surface area contributed by atoms with Crippen LogP contribution in [0.4, 0.5) is 26.3 Å². The van der Waals surface area contributed by atoms with Crippen molar-refractivity contribution in [2.75, 3.05) is 7.11 Å². The van der Waals surface area contributed by atoms with Gasteiger partial charge in [-0.25, -0.2) is 4.98 Å². The third-order valence-corrected chi connectivity index (χ3v) is 4.40. The van der Waals surface area contributed by atoms with Crippen molar-refractivity contribution in [3.63, 3.8) is 0 Å². The first-order valence-corrected chi connectivity index (χ1v) is 8.96. The Kier molecular flexibility index (Phi) is 6.09. The van der Waals surface area contributed by atoms with Crippen LogP contribution in [0.15, 0.2) is 52.9 Å². The van der Waals surface area contributed by atoms with Gasteiger partial charge in [-0.2, -0.15) is 26.3 Å². The molecule has 0 N–H and O–H groups in total. The average molecular weight is 429 g/mol. The molecular weight excluding hydrogens is 412 g/mol. The highest BCUT2D eigenvalue weighted by Crippen LogP contribution is 2.41. The Morgan fingerprint density at radius 2 is 1.60 bits per heavy atom. The van der Waals surface area contributed by atoms with Gasteiger partial charge < -0.3 is 9.15 Å². The Labute approximate surface area is 168 Å². The molecule has 0 fully saturated rings. The summed E-state index contributed by atoms with van der Waals surface area (Å²) in [5, 5.41) is 0. The first-order valence-electron chi connectivity index (χ1n) is 8.96. The van der Waals surface area contributed by atoms with Crippen LogP contribution in [0, 0.1) is 0 Å². The molecule has 30 heavy (non-hydrogen) atoms. The molecule has 0 unspecified atom stereocenters. The maximum atomic E-state index is 13.6. The van der Waals surface area contributed by atoms with Crippen LogP contribution < -0.4 is 4.74 Å². The Morgan fingerprint density at radius 1 is 0.933 bits per heavy atom. The molecule has 0 bridgehead atoms. The van der Waals surface area contributed by atoms with Gasteiger partial charge in [-0.1, -0.05) is 24.3 Å². The number of rotatable bonds is 6. The van der Waals surface area contributed by atoms with Gasteiger partial charge in [-0.15, -0.1) is 0 Å². The van der Waals surface area contributed by atoms with Crippen LogP contribution in [0.2, 0.25) is 0 Å². The molecule has 160 valence electrons. The van der Waals surface area contributed by atoms with Crippen LogP contribution >= 0.6 is 0 Å². The van der Waals surface area contributed by atoms with E-state index in [2.05, 4.69) is 4.98 Å². The van der Waals surface area contributed by atoms with E-state index in [-0.39, 0.29) is 24.3 Å².